The molecule has 3 heteroatoms. The van der Waals surface area contributed by atoms with Crippen LogP contribution in [-0.2, 0) is 65.4 Å². The average molecular weight is 316 g/mol. The molecule has 63 valence electrons. The largest absolute Gasteiger partial charge is 3.00 e. The van der Waals surface area contributed by atoms with E-state index in [2.05, 4.69) is 11.1 Å². The number of nitrogens with zero attached hydrogens (tertiary/aromatic N) is 1. The molecule has 1 nitrogen and oxygen atoms in total. The molecule has 0 rings (SSSR count). The number of rotatable bonds is 3. The number of hydrogen-bond acceptors (Lipinski definition) is 1. The van der Waals surface area contributed by atoms with Crippen LogP contribution in [0.25, 0.3) is 0 Å². The topological polar surface area (TPSA) is 12.4 Å². The molecule has 0 bridgehead atoms. The van der Waals surface area contributed by atoms with Crippen LogP contribution in [0.3, 0.4) is 0 Å². The van der Waals surface area contributed by atoms with E-state index in [1.54, 1.807) is 6.21 Å². The van der Waals surface area contributed by atoms with Crippen LogP contribution in [0.1, 0.15) is 20.8 Å². The van der Waals surface area contributed by atoms with E-state index in [-0.39, 0.29) is 72.8 Å². The maximum absolute atomic E-state index is 4.08. The van der Waals surface area contributed by atoms with Crippen molar-refractivity contribution in [3.05, 3.63) is 25.5 Å². The van der Waals surface area contributed by atoms with Crippen LogP contribution >= 0.6 is 0 Å². The van der Waals surface area contributed by atoms with Gasteiger partial charge in [0, 0.05) is 39.3 Å². The second-order valence-corrected chi connectivity index (χ2v) is 1.85. The first-order valence-electron chi connectivity index (χ1n) is 3.09. The fourth-order valence-electron chi connectivity index (χ4n) is 0.374. The van der Waals surface area contributed by atoms with Crippen molar-refractivity contribution in [3.8, 4) is 0 Å². The van der Waals surface area contributed by atoms with E-state index >= 15 is 0 Å². The molecule has 0 aliphatic heterocycles. The first kappa shape index (κ1) is 23.4. The van der Waals surface area contributed by atoms with Gasteiger partial charge < -0.3 is 24.9 Å². The quantitative estimate of drug-likeness (QED) is 0.560. The van der Waals surface area contributed by atoms with Crippen molar-refractivity contribution in [1.82, 2.24) is 0 Å². The van der Waals surface area contributed by atoms with Gasteiger partial charge in [0.05, 0.1) is 0 Å². The molecule has 0 saturated heterocycles. The number of allylic oxidation sites excluding steroid dienone is 1. The zero-order valence-corrected chi connectivity index (χ0v) is 14.1. The first-order valence-corrected chi connectivity index (χ1v) is 3.09. The maximum atomic E-state index is 4.08. The Hall–Kier alpha value is 1.49. The molecule has 0 saturated carbocycles. The molecule has 1 radical (unpaired) electrons. The van der Waals surface area contributed by atoms with Crippen LogP contribution in [0.2, 0.25) is 0 Å². The third-order valence-electron chi connectivity index (χ3n) is 1.01. The summed E-state index contributed by atoms with van der Waals surface area (Å²) in [4.78, 5) is 4.08. The summed E-state index contributed by atoms with van der Waals surface area (Å²) < 4.78 is 0. The number of hydrogen-bond donors (Lipinski definition) is 0. The normalized spacial score (nSPS) is 9.42. The van der Waals surface area contributed by atoms with Crippen LogP contribution < -0.4 is 0 Å². The molecule has 0 spiro atoms. The minimum Gasteiger partial charge on any atom is -0.499 e. The Labute approximate surface area is 128 Å². The van der Waals surface area contributed by atoms with Gasteiger partial charge >= 0.3 is 32.7 Å². The van der Waals surface area contributed by atoms with Crippen molar-refractivity contribution in [1.29, 1.82) is 0 Å². The minimum absolute atomic E-state index is 0. The second kappa shape index (κ2) is 18.3. The summed E-state index contributed by atoms with van der Waals surface area (Å²) in [5.74, 6) is 0. The SMILES string of the molecule is C[C-]=C(C)CN=C[CH-]C.[CH3-].[Y+3].[Y]. The van der Waals surface area contributed by atoms with Crippen molar-refractivity contribution in [2.75, 3.05) is 6.54 Å². The van der Waals surface area contributed by atoms with Gasteiger partial charge in [-0.3, -0.25) is 0 Å². The van der Waals surface area contributed by atoms with Crippen LogP contribution in [0.4, 0.5) is 0 Å². The van der Waals surface area contributed by atoms with Gasteiger partial charge in [-0.05, 0) is 0 Å². The minimum atomic E-state index is 0. The van der Waals surface area contributed by atoms with E-state index in [9.17, 15) is 0 Å². The van der Waals surface area contributed by atoms with E-state index in [4.69, 9.17) is 0 Å². The maximum Gasteiger partial charge on any atom is 3.00 e. The Morgan fingerprint density at radius 1 is 1.58 bits per heavy atom. The van der Waals surface area contributed by atoms with Crippen molar-refractivity contribution in [2.24, 2.45) is 4.99 Å². The van der Waals surface area contributed by atoms with Crippen LogP contribution in [0, 0.1) is 19.9 Å². The van der Waals surface area contributed by atoms with E-state index in [1.165, 1.54) is 5.57 Å². The third kappa shape index (κ3) is 17.5. The summed E-state index contributed by atoms with van der Waals surface area (Å²) in [6.07, 6.45) is 6.74. The van der Waals surface area contributed by atoms with Crippen LogP contribution in [0.5, 0.6) is 0 Å². The molecule has 0 aromatic rings. The molecule has 0 atom stereocenters. The van der Waals surface area contributed by atoms with E-state index in [1.807, 2.05) is 27.2 Å². The van der Waals surface area contributed by atoms with Crippen molar-refractivity contribution < 1.29 is 65.4 Å². The standard InChI is InChI=1S/C8H13N.CH3.2Y/c1-4-6-9-7-8(3)5-2;;;/h4,6H,7H2,1-3H3;1H3;;/q-2;-1;;+3. The summed E-state index contributed by atoms with van der Waals surface area (Å²) in [7, 11) is 0. The van der Waals surface area contributed by atoms with Crippen molar-refractivity contribution in [2.45, 2.75) is 20.8 Å². The zero-order chi connectivity index (χ0) is 7.11. The van der Waals surface area contributed by atoms with Gasteiger partial charge in [0.15, 0.2) is 0 Å². The molecule has 0 aromatic carbocycles. The van der Waals surface area contributed by atoms with Gasteiger partial charge in [0.2, 0.25) is 0 Å². The summed E-state index contributed by atoms with van der Waals surface area (Å²) in [5, 5.41) is 0. The third-order valence-corrected chi connectivity index (χ3v) is 1.01. The molecule has 0 unspecified atom stereocenters. The van der Waals surface area contributed by atoms with E-state index in [0.717, 1.165) is 6.54 Å². The molecule has 12 heavy (non-hydrogen) atoms. The zero-order valence-electron chi connectivity index (χ0n) is 8.46. The summed E-state index contributed by atoms with van der Waals surface area (Å²) in [6.45, 7) is 6.66. The molecular weight excluding hydrogens is 300 g/mol. The van der Waals surface area contributed by atoms with Crippen molar-refractivity contribution >= 4 is 6.21 Å². The fourth-order valence-corrected chi connectivity index (χ4v) is 0.374. The second-order valence-electron chi connectivity index (χ2n) is 1.85. The van der Waals surface area contributed by atoms with Gasteiger partial charge in [-0.2, -0.15) is 13.8 Å². The van der Waals surface area contributed by atoms with Crippen LogP contribution in [0.15, 0.2) is 10.6 Å². The summed E-state index contributed by atoms with van der Waals surface area (Å²) in [6, 6.07) is 0. The Bertz CT molecular complexity index is 120. The Balaban J connectivity index is -0.000000107. The monoisotopic (exact) mass is 316 g/mol. The molecule has 0 aliphatic carbocycles. The first-order chi connectivity index (χ1) is 4.31. The molecular formula is C9H16NY2. The van der Waals surface area contributed by atoms with Gasteiger partial charge in [-0.1, -0.05) is 6.92 Å². The summed E-state index contributed by atoms with van der Waals surface area (Å²) >= 11 is 0. The Morgan fingerprint density at radius 2 is 2.08 bits per heavy atom. The average Bonchev–Trinajstić information content (AvgIpc) is 1.89. The molecule has 0 aliphatic rings. The van der Waals surface area contributed by atoms with Gasteiger partial charge in [0.1, 0.15) is 0 Å². The van der Waals surface area contributed by atoms with E-state index in [0.29, 0.717) is 0 Å². The fraction of sp³-hybridized carbons (Fsp3) is 0.444. The van der Waals surface area contributed by atoms with Crippen molar-refractivity contribution in [3.63, 3.8) is 0 Å². The predicted molar refractivity (Wildman–Crippen MR) is 47.9 cm³/mol. The van der Waals surface area contributed by atoms with E-state index < -0.39 is 0 Å². The Kier molecular flexibility index (Phi) is 35.6. The molecule has 0 amide bonds. The molecule has 0 fully saturated rings. The molecule has 0 heterocycles. The summed E-state index contributed by atoms with van der Waals surface area (Å²) in [5.41, 5.74) is 1.19. The van der Waals surface area contributed by atoms with Gasteiger partial charge in [0.25, 0.3) is 0 Å². The smallest absolute Gasteiger partial charge is 0.499 e. The Morgan fingerprint density at radius 3 is 2.42 bits per heavy atom. The number of aliphatic imine (C=N–C) groups is 1. The van der Waals surface area contributed by atoms with Crippen LogP contribution in [-0.4, -0.2) is 12.8 Å². The van der Waals surface area contributed by atoms with Gasteiger partial charge in [-0.25, -0.2) is 5.57 Å². The molecule has 0 N–H and O–H groups in total. The predicted octanol–water partition coefficient (Wildman–Crippen LogP) is 2.50. The molecule has 0 aromatic heterocycles. The van der Waals surface area contributed by atoms with Gasteiger partial charge in [-0.15, -0.1) is 6.21 Å².